The summed E-state index contributed by atoms with van der Waals surface area (Å²) in [6, 6.07) is 3.25. The molecule has 0 fully saturated rings. The molecule has 0 aromatic carbocycles. The van der Waals surface area contributed by atoms with Crippen LogP contribution in [-0.4, -0.2) is 21.3 Å². The molecule has 17 heavy (non-hydrogen) atoms. The molecule has 94 valence electrons. The molecule has 0 unspecified atom stereocenters. The lowest BCUT2D eigenvalue weighted by Gasteiger charge is -2.11. The molecule has 1 aromatic rings. The van der Waals surface area contributed by atoms with E-state index in [1.807, 2.05) is 6.92 Å². The minimum atomic E-state index is -1.99. The van der Waals surface area contributed by atoms with Crippen molar-refractivity contribution in [2.24, 2.45) is 0 Å². The van der Waals surface area contributed by atoms with Gasteiger partial charge in [0.2, 0.25) is 5.88 Å². The smallest absolute Gasteiger partial charge is 0.276 e. The Kier molecular flexibility index (Phi) is 5.31. The highest BCUT2D eigenvalue weighted by molar-refractivity contribution is 6.76. The third-order valence-electron chi connectivity index (χ3n) is 1.71. The van der Waals surface area contributed by atoms with Crippen LogP contribution in [0.15, 0.2) is 18.3 Å². The molecule has 1 rings (SSSR count). The number of amides is 1. The van der Waals surface area contributed by atoms with E-state index in [1.54, 1.807) is 12.1 Å². The maximum atomic E-state index is 11.3. The Morgan fingerprint density at radius 1 is 1.47 bits per heavy atom. The molecule has 0 saturated heterocycles. The van der Waals surface area contributed by atoms with Crippen molar-refractivity contribution in [2.75, 3.05) is 11.9 Å². The minimum Gasteiger partial charge on any atom is -0.478 e. The lowest BCUT2D eigenvalue weighted by Crippen LogP contribution is -2.26. The van der Waals surface area contributed by atoms with Gasteiger partial charge in [-0.2, -0.15) is 0 Å². The topological polar surface area (TPSA) is 51.2 Å². The van der Waals surface area contributed by atoms with Gasteiger partial charge in [0, 0.05) is 6.07 Å². The number of pyridine rings is 1. The number of hydrogen-bond acceptors (Lipinski definition) is 3. The number of alkyl halides is 3. The predicted octanol–water partition coefficient (Wildman–Crippen LogP) is 3.18. The van der Waals surface area contributed by atoms with Crippen molar-refractivity contribution in [3.05, 3.63) is 18.3 Å². The average molecular weight is 298 g/mol. The molecule has 7 heteroatoms. The summed E-state index contributed by atoms with van der Waals surface area (Å²) in [6.45, 7) is 2.59. The zero-order chi connectivity index (χ0) is 12.9. The quantitative estimate of drug-likeness (QED) is 0.868. The van der Waals surface area contributed by atoms with Gasteiger partial charge in [-0.3, -0.25) is 4.79 Å². The number of nitrogens with zero attached hydrogens (tertiary/aromatic N) is 1. The van der Waals surface area contributed by atoms with E-state index in [2.05, 4.69) is 10.3 Å². The van der Waals surface area contributed by atoms with Gasteiger partial charge in [-0.25, -0.2) is 4.98 Å². The molecule has 1 N–H and O–H groups in total. The molecule has 1 amide bonds. The Bertz CT molecular complexity index is 376. The number of rotatable bonds is 4. The molecular weight excluding hydrogens is 286 g/mol. The lowest BCUT2D eigenvalue weighted by atomic mass is 10.4. The monoisotopic (exact) mass is 296 g/mol. The van der Waals surface area contributed by atoms with E-state index in [-0.39, 0.29) is 0 Å². The highest BCUT2D eigenvalue weighted by atomic mass is 35.6. The highest BCUT2D eigenvalue weighted by Crippen LogP contribution is 2.27. The first-order valence-corrected chi connectivity index (χ1v) is 6.04. The van der Waals surface area contributed by atoms with Crippen LogP contribution < -0.4 is 10.1 Å². The van der Waals surface area contributed by atoms with Crippen LogP contribution in [0, 0.1) is 0 Å². The maximum Gasteiger partial charge on any atom is 0.276 e. The van der Waals surface area contributed by atoms with Crippen LogP contribution in [0.4, 0.5) is 5.69 Å². The molecule has 0 spiro atoms. The van der Waals surface area contributed by atoms with Gasteiger partial charge in [-0.15, -0.1) is 0 Å². The number of carbonyl (C=O) groups excluding carboxylic acids is 1. The summed E-state index contributed by atoms with van der Waals surface area (Å²) >= 11 is 16.2. The predicted molar refractivity (Wildman–Crippen MR) is 68.9 cm³/mol. The summed E-state index contributed by atoms with van der Waals surface area (Å²) in [7, 11) is 0. The zero-order valence-corrected chi connectivity index (χ0v) is 11.3. The van der Waals surface area contributed by atoms with Crippen molar-refractivity contribution in [1.29, 1.82) is 0 Å². The third-order valence-corrected chi connectivity index (χ3v) is 2.22. The van der Waals surface area contributed by atoms with Gasteiger partial charge in [0.05, 0.1) is 18.5 Å². The Hall–Kier alpha value is -0.710. The normalized spacial score (nSPS) is 11.1. The van der Waals surface area contributed by atoms with Gasteiger partial charge in [0.1, 0.15) is 0 Å². The van der Waals surface area contributed by atoms with Gasteiger partial charge in [-0.05, 0) is 12.5 Å². The summed E-state index contributed by atoms with van der Waals surface area (Å²) in [5.41, 5.74) is 0.435. The van der Waals surface area contributed by atoms with Crippen LogP contribution in [0.3, 0.4) is 0 Å². The summed E-state index contributed by atoms with van der Waals surface area (Å²) < 4.78 is 3.29. The molecule has 0 bridgehead atoms. The Morgan fingerprint density at radius 3 is 2.65 bits per heavy atom. The van der Waals surface area contributed by atoms with Gasteiger partial charge >= 0.3 is 0 Å². The number of carbonyl (C=O) groups is 1. The van der Waals surface area contributed by atoms with Crippen LogP contribution in [0.25, 0.3) is 0 Å². The van der Waals surface area contributed by atoms with E-state index in [0.717, 1.165) is 6.42 Å². The second-order valence-electron chi connectivity index (χ2n) is 3.19. The summed E-state index contributed by atoms with van der Waals surface area (Å²) in [6.07, 6.45) is 2.33. The first-order valence-electron chi connectivity index (χ1n) is 4.90. The summed E-state index contributed by atoms with van der Waals surface area (Å²) in [5, 5.41) is 2.41. The summed E-state index contributed by atoms with van der Waals surface area (Å²) in [5.74, 6) is -0.245. The van der Waals surface area contributed by atoms with E-state index in [1.165, 1.54) is 6.20 Å². The third kappa shape index (κ3) is 4.98. The number of ether oxygens (including phenoxy) is 1. The standard InChI is InChI=1S/C10H11Cl3N2O2/c1-2-5-17-8-4-3-7(6-14-8)15-9(16)10(11,12)13/h3-4,6H,2,5H2,1H3,(H,15,16). The molecule has 0 aliphatic rings. The van der Waals surface area contributed by atoms with E-state index in [4.69, 9.17) is 39.5 Å². The molecule has 1 heterocycles. The number of anilines is 1. The lowest BCUT2D eigenvalue weighted by molar-refractivity contribution is -0.115. The summed E-state index contributed by atoms with van der Waals surface area (Å²) in [4.78, 5) is 15.3. The van der Waals surface area contributed by atoms with Crippen molar-refractivity contribution in [3.8, 4) is 5.88 Å². The molecule has 1 aromatic heterocycles. The van der Waals surface area contributed by atoms with Crippen molar-refractivity contribution >= 4 is 46.4 Å². The molecule has 4 nitrogen and oxygen atoms in total. The minimum absolute atomic E-state index is 0.435. The second-order valence-corrected chi connectivity index (χ2v) is 5.47. The van der Waals surface area contributed by atoms with Crippen LogP contribution in [0.2, 0.25) is 0 Å². The van der Waals surface area contributed by atoms with Crippen LogP contribution in [0.1, 0.15) is 13.3 Å². The van der Waals surface area contributed by atoms with Crippen molar-refractivity contribution in [1.82, 2.24) is 4.98 Å². The maximum absolute atomic E-state index is 11.3. The van der Waals surface area contributed by atoms with E-state index < -0.39 is 9.70 Å². The van der Waals surface area contributed by atoms with E-state index in [9.17, 15) is 4.79 Å². The van der Waals surface area contributed by atoms with Crippen LogP contribution >= 0.6 is 34.8 Å². The highest BCUT2D eigenvalue weighted by Gasteiger charge is 2.30. The SMILES string of the molecule is CCCOc1ccc(NC(=O)C(Cl)(Cl)Cl)cn1. The first-order chi connectivity index (χ1) is 7.93. The van der Waals surface area contributed by atoms with Gasteiger partial charge < -0.3 is 10.1 Å². The van der Waals surface area contributed by atoms with Crippen molar-refractivity contribution in [2.45, 2.75) is 17.1 Å². The van der Waals surface area contributed by atoms with Gasteiger partial charge in [0.25, 0.3) is 9.70 Å². The van der Waals surface area contributed by atoms with Crippen LogP contribution in [-0.2, 0) is 4.79 Å². The van der Waals surface area contributed by atoms with Crippen molar-refractivity contribution < 1.29 is 9.53 Å². The van der Waals surface area contributed by atoms with E-state index >= 15 is 0 Å². The fourth-order valence-corrected chi connectivity index (χ4v) is 1.09. The first kappa shape index (κ1) is 14.4. The zero-order valence-electron chi connectivity index (χ0n) is 9.04. The molecule has 0 radical (unpaired) electrons. The molecule has 0 aliphatic heterocycles. The Labute approximate surface area is 114 Å². The van der Waals surface area contributed by atoms with Crippen molar-refractivity contribution in [3.63, 3.8) is 0 Å². The largest absolute Gasteiger partial charge is 0.478 e. The number of nitrogens with one attached hydrogen (secondary N) is 1. The Balaban J connectivity index is 2.59. The average Bonchev–Trinajstić information content (AvgIpc) is 2.27. The number of halogens is 3. The van der Waals surface area contributed by atoms with Gasteiger partial charge in [0.15, 0.2) is 0 Å². The fourth-order valence-electron chi connectivity index (χ4n) is 0.948. The Morgan fingerprint density at radius 2 is 2.18 bits per heavy atom. The molecule has 0 atom stereocenters. The van der Waals surface area contributed by atoms with Crippen LogP contribution in [0.5, 0.6) is 5.88 Å². The fraction of sp³-hybridized carbons (Fsp3) is 0.400. The van der Waals surface area contributed by atoms with Gasteiger partial charge in [-0.1, -0.05) is 41.7 Å². The molecule has 0 saturated carbocycles. The van der Waals surface area contributed by atoms with E-state index in [0.29, 0.717) is 18.2 Å². The molecule has 0 aliphatic carbocycles. The number of hydrogen-bond donors (Lipinski definition) is 1. The second kappa shape index (κ2) is 6.28. The molecular formula is C10H11Cl3N2O2. The number of aromatic nitrogens is 1.